The predicted octanol–water partition coefficient (Wildman–Crippen LogP) is 2.68. The first-order valence-corrected chi connectivity index (χ1v) is 9.45. The third kappa shape index (κ3) is 6.91. The lowest BCUT2D eigenvalue weighted by Crippen LogP contribution is -2.20. The zero-order chi connectivity index (χ0) is 24.4. The van der Waals surface area contributed by atoms with Gasteiger partial charge in [0.1, 0.15) is 5.94 Å². The lowest BCUT2D eigenvalue weighted by molar-refractivity contribution is -0.219. The minimum atomic E-state index is -1.06. The van der Waals surface area contributed by atoms with E-state index in [1.54, 1.807) is 0 Å². The normalized spacial score (nSPS) is 11.0. The highest BCUT2D eigenvalue weighted by molar-refractivity contribution is 6.33. The number of benzene rings is 2. The molecule has 9 heteroatoms. The van der Waals surface area contributed by atoms with Crippen LogP contribution in [0.1, 0.15) is 11.1 Å². The number of carbonyl (C=O) groups is 2. The number of ketones is 2. The van der Waals surface area contributed by atoms with Crippen molar-refractivity contribution in [2.45, 2.75) is 6.48 Å². The fourth-order valence-electron chi connectivity index (χ4n) is 2.56. The standard InChI is InChI=1S/C24H22O9/c1-30-22-12-15(6-10-20(22)28)4-8-18(26)17(14-25)19(27)9-5-16-7-11-21(29)23(13-16)33-24(31-2)32-3/h4-13,24,28-29H,1-3H3/b8-4+,9-5+. The molecule has 2 N–H and O–H groups in total. The Labute approximate surface area is 189 Å². The van der Waals surface area contributed by atoms with E-state index in [2.05, 4.69) is 0 Å². The van der Waals surface area contributed by atoms with Crippen molar-refractivity contribution in [1.29, 1.82) is 0 Å². The maximum absolute atomic E-state index is 12.4. The van der Waals surface area contributed by atoms with Crippen molar-refractivity contribution >= 4 is 29.7 Å². The Hall–Kier alpha value is -4.17. The monoisotopic (exact) mass is 454 g/mol. The molecule has 2 rings (SSSR count). The quantitative estimate of drug-likeness (QED) is 0.173. The van der Waals surface area contributed by atoms with Gasteiger partial charge in [-0.15, -0.1) is 0 Å². The zero-order valence-electron chi connectivity index (χ0n) is 18.1. The Bertz CT molecular complexity index is 1120. The van der Waals surface area contributed by atoms with Crippen LogP contribution in [0.5, 0.6) is 23.0 Å². The zero-order valence-corrected chi connectivity index (χ0v) is 18.1. The van der Waals surface area contributed by atoms with E-state index in [1.165, 1.54) is 75.8 Å². The van der Waals surface area contributed by atoms with Gasteiger partial charge >= 0.3 is 6.48 Å². The third-order valence-electron chi connectivity index (χ3n) is 4.24. The highest BCUT2D eigenvalue weighted by Gasteiger charge is 2.16. The molecule has 172 valence electrons. The van der Waals surface area contributed by atoms with Crippen molar-refractivity contribution < 1.29 is 43.5 Å². The van der Waals surface area contributed by atoms with Crippen LogP contribution in [0, 0.1) is 0 Å². The van der Waals surface area contributed by atoms with E-state index in [4.69, 9.17) is 18.9 Å². The Morgan fingerprint density at radius 2 is 1.33 bits per heavy atom. The van der Waals surface area contributed by atoms with E-state index >= 15 is 0 Å². The molecule has 0 unspecified atom stereocenters. The molecule has 0 aliphatic carbocycles. The Balaban J connectivity index is 2.14. The van der Waals surface area contributed by atoms with Gasteiger partial charge in [-0.2, -0.15) is 0 Å². The summed E-state index contributed by atoms with van der Waals surface area (Å²) in [6, 6.07) is 8.62. The Morgan fingerprint density at radius 3 is 1.79 bits per heavy atom. The van der Waals surface area contributed by atoms with Gasteiger partial charge in [0.2, 0.25) is 11.6 Å². The molecule has 0 heterocycles. The summed E-state index contributed by atoms with van der Waals surface area (Å²) >= 11 is 0. The fourth-order valence-corrected chi connectivity index (χ4v) is 2.56. The summed E-state index contributed by atoms with van der Waals surface area (Å²) in [6.45, 7) is -1.06. The lowest BCUT2D eigenvalue weighted by atomic mass is 10.1. The first kappa shape index (κ1) is 25.1. The van der Waals surface area contributed by atoms with Gasteiger partial charge in [0.25, 0.3) is 0 Å². The van der Waals surface area contributed by atoms with Crippen LogP contribution in [0.4, 0.5) is 0 Å². The maximum atomic E-state index is 12.4. The summed E-state index contributed by atoms with van der Waals surface area (Å²) in [5.74, 6) is -0.346. The van der Waals surface area contributed by atoms with Gasteiger partial charge in [-0.1, -0.05) is 24.3 Å². The molecule has 0 amide bonds. The molecule has 0 saturated heterocycles. The highest BCUT2D eigenvalue weighted by atomic mass is 16.8. The molecule has 0 saturated carbocycles. The van der Waals surface area contributed by atoms with Crippen LogP contribution in [0.25, 0.3) is 12.2 Å². The van der Waals surface area contributed by atoms with Crippen molar-refractivity contribution in [2.24, 2.45) is 0 Å². The number of ether oxygens (including phenoxy) is 4. The van der Waals surface area contributed by atoms with Crippen molar-refractivity contribution in [3.63, 3.8) is 0 Å². The van der Waals surface area contributed by atoms with Crippen LogP contribution >= 0.6 is 0 Å². The van der Waals surface area contributed by atoms with E-state index < -0.39 is 23.6 Å². The van der Waals surface area contributed by atoms with E-state index in [9.17, 15) is 24.6 Å². The van der Waals surface area contributed by atoms with Gasteiger partial charge < -0.3 is 29.2 Å². The van der Waals surface area contributed by atoms with Crippen molar-refractivity contribution in [2.75, 3.05) is 21.3 Å². The number of hydrogen-bond donors (Lipinski definition) is 2. The van der Waals surface area contributed by atoms with Crippen LogP contribution in [0.15, 0.2) is 54.1 Å². The Morgan fingerprint density at radius 1 is 0.848 bits per heavy atom. The number of phenolic OH excluding ortho intramolecular Hbond substituents is 2. The molecule has 0 bridgehead atoms. The number of phenols is 2. The van der Waals surface area contributed by atoms with Crippen molar-refractivity contribution in [3.05, 3.63) is 65.3 Å². The highest BCUT2D eigenvalue weighted by Crippen LogP contribution is 2.29. The van der Waals surface area contributed by atoms with Gasteiger partial charge in [0.15, 0.2) is 28.6 Å². The number of methoxy groups -OCH3 is 3. The molecule has 0 aromatic heterocycles. The van der Waals surface area contributed by atoms with Gasteiger partial charge in [0.05, 0.1) is 7.11 Å². The topological polar surface area (TPSA) is 129 Å². The predicted molar refractivity (Wildman–Crippen MR) is 118 cm³/mol. The largest absolute Gasteiger partial charge is 0.504 e. The average molecular weight is 454 g/mol. The van der Waals surface area contributed by atoms with Gasteiger partial charge in [-0.3, -0.25) is 9.59 Å². The second kappa shape index (κ2) is 12.0. The minimum absolute atomic E-state index is 0.0350. The molecule has 0 spiro atoms. The molecule has 33 heavy (non-hydrogen) atoms. The van der Waals surface area contributed by atoms with Crippen LogP contribution < -0.4 is 9.47 Å². The minimum Gasteiger partial charge on any atom is -0.504 e. The van der Waals surface area contributed by atoms with Crippen LogP contribution in [0.2, 0.25) is 0 Å². The fraction of sp³-hybridized carbons (Fsp3) is 0.167. The van der Waals surface area contributed by atoms with E-state index in [0.29, 0.717) is 11.1 Å². The van der Waals surface area contributed by atoms with Crippen molar-refractivity contribution in [1.82, 2.24) is 0 Å². The molecule has 2 aromatic rings. The number of rotatable bonds is 11. The summed E-state index contributed by atoms with van der Waals surface area (Å²) in [6.07, 6.45) is 4.77. The van der Waals surface area contributed by atoms with Crippen LogP contribution in [0.3, 0.4) is 0 Å². The van der Waals surface area contributed by atoms with Crippen molar-refractivity contribution in [3.8, 4) is 23.0 Å². The van der Waals surface area contributed by atoms with Crippen LogP contribution in [-0.2, 0) is 23.9 Å². The molecular weight excluding hydrogens is 432 g/mol. The first-order valence-electron chi connectivity index (χ1n) is 9.45. The summed E-state index contributed by atoms with van der Waals surface area (Å²) in [4.78, 5) is 35.9. The number of hydrogen-bond acceptors (Lipinski definition) is 9. The lowest BCUT2D eigenvalue weighted by Gasteiger charge is -2.16. The molecule has 2 aromatic carbocycles. The second-order valence-corrected chi connectivity index (χ2v) is 6.41. The molecule has 0 aliphatic rings. The SMILES string of the molecule is COc1cc(/C=C/C(=O)C(=C=O)C(=O)/C=C/c2ccc(O)c(OC(OC)OC)c2)ccc1O. The number of carbonyl (C=O) groups excluding carboxylic acids is 3. The maximum Gasteiger partial charge on any atom is 0.315 e. The van der Waals surface area contributed by atoms with E-state index in [1.807, 2.05) is 0 Å². The van der Waals surface area contributed by atoms with Gasteiger partial charge in [0, 0.05) is 14.2 Å². The van der Waals surface area contributed by atoms with Crippen LogP contribution in [-0.4, -0.2) is 55.5 Å². The number of aromatic hydroxyl groups is 2. The first-order chi connectivity index (χ1) is 15.8. The molecule has 9 nitrogen and oxygen atoms in total. The average Bonchev–Trinajstić information content (AvgIpc) is 2.82. The summed E-state index contributed by atoms with van der Waals surface area (Å²) in [7, 11) is 4.08. The second-order valence-electron chi connectivity index (χ2n) is 6.41. The summed E-state index contributed by atoms with van der Waals surface area (Å²) < 4.78 is 20.1. The van der Waals surface area contributed by atoms with E-state index in [0.717, 1.165) is 12.2 Å². The Kier molecular flexibility index (Phi) is 9.14. The molecule has 0 aliphatic heterocycles. The molecule has 0 atom stereocenters. The molecule has 0 radical (unpaired) electrons. The van der Waals surface area contributed by atoms with E-state index in [-0.39, 0.29) is 23.0 Å². The molecular formula is C24H22O9. The summed E-state index contributed by atoms with van der Waals surface area (Å²) in [5.41, 5.74) is 0.252. The van der Waals surface area contributed by atoms with Gasteiger partial charge in [-0.05, 0) is 47.5 Å². The van der Waals surface area contributed by atoms with Gasteiger partial charge in [-0.25, -0.2) is 4.79 Å². The smallest absolute Gasteiger partial charge is 0.315 e. The summed E-state index contributed by atoms with van der Waals surface area (Å²) in [5, 5.41) is 19.5. The third-order valence-corrected chi connectivity index (χ3v) is 4.24. The number of allylic oxidation sites excluding steroid dienone is 3. The molecule has 0 fully saturated rings.